The third kappa shape index (κ3) is 3.23. The van der Waals surface area contributed by atoms with Gasteiger partial charge in [0, 0.05) is 11.4 Å². The van der Waals surface area contributed by atoms with Crippen molar-refractivity contribution in [3.63, 3.8) is 0 Å². The summed E-state index contributed by atoms with van der Waals surface area (Å²) < 4.78 is 5.55. The van der Waals surface area contributed by atoms with Gasteiger partial charge < -0.3 is 15.8 Å². The molecule has 0 aliphatic heterocycles. The molecule has 1 fully saturated rings. The molecule has 1 aliphatic carbocycles. The molecule has 0 unspecified atom stereocenters. The predicted molar refractivity (Wildman–Crippen MR) is 72.4 cm³/mol. The summed E-state index contributed by atoms with van der Waals surface area (Å²) in [5.41, 5.74) is 8.17. The van der Waals surface area contributed by atoms with Gasteiger partial charge in [-0.05, 0) is 43.9 Å². The molecule has 1 amide bonds. The Bertz CT molecular complexity index is 428. The summed E-state index contributed by atoms with van der Waals surface area (Å²) in [5, 5.41) is 2.86. The zero-order valence-corrected chi connectivity index (χ0v) is 10.7. The van der Waals surface area contributed by atoms with Crippen LogP contribution in [-0.4, -0.2) is 18.6 Å². The molecule has 2 rings (SSSR count). The van der Waals surface area contributed by atoms with E-state index in [4.69, 9.17) is 10.5 Å². The van der Waals surface area contributed by atoms with Crippen molar-refractivity contribution < 1.29 is 9.53 Å². The number of amides is 1. The van der Waals surface area contributed by atoms with Crippen molar-refractivity contribution in [3.8, 4) is 0 Å². The molecule has 1 aromatic rings. The van der Waals surface area contributed by atoms with Crippen molar-refractivity contribution in [2.24, 2.45) is 0 Å². The number of nitrogens with two attached hydrogens (primary N) is 1. The van der Waals surface area contributed by atoms with Crippen LogP contribution in [0.2, 0.25) is 0 Å². The Hall–Kier alpha value is -1.55. The molecule has 0 atom stereocenters. The summed E-state index contributed by atoms with van der Waals surface area (Å²) in [5.74, 6) is -0.0250. The molecule has 0 bridgehead atoms. The van der Waals surface area contributed by atoms with Crippen LogP contribution in [0.5, 0.6) is 0 Å². The second-order valence-corrected chi connectivity index (χ2v) is 4.74. The highest BCUT2D eigenvalue weighted by atomic mass is 16.5. The number of hydrogen-bond donors (Lipinski definition) is 2. The molecule has 98 valence electrons. The summed E-state index contributed by atoms with van der Waals surface area (Å²) in [6, 6.07) is 5.52. The second kappa shape index (κ2) is 5.87. The van der Waals surface area contributed by atoms with E-state index in [0.717, 1.165) is 24.1 Å². The van der Waals surface area contributed by atoms with Crippen molar-refractivity contribution >= 4 is 17.3 Å². The first-order valence-corrected chi connectivity index (χ1v) is 6.43. The number of hydrogen-bond acceptors (Lipinski definition) is 3. The minimum absolute atomic E-state index is 0.0250. The highest BCUT2D eigenvalue weighted by Crippen LogP contribution is 2.22. The maximum Gasteiger partial charge on any atom is 0.226 e. The highest BCUT2D eigenvalue weighted by Gasteiger charge is 2.17. The lowest BCUT2D eigenvalue weighted by molar-refractivity contribution is -0.118. The standard InChI is InChI=1S/C14H20N2O2/c1-10-12(15)6-3-7-13(10)16-14(17)8-9-18-11-4-2-5-11/h3,6-7,11H,2,4-5,8-9,15H2,1H3,(H,16,17). The molecule has 0 aromatic heterocycles. The fraction of sp³-hybridized carbons (Fsp3) is 0.500. The number of ether oxygens (including phenoxy) is 1. The van der Waals surface area contributed by atoms with Crippen LogP contribution in [0, 0.1) is 6.92 Å². The van der Waals surface area contributed by atoms with E-state index in [-0.39, 0.29) is 5.91 Å². The first-order chi connectivity index (χ1) is 8.66. The molecule has 1 aliphatic rings. The molecule has 4 heteroatoms. The third-order valence-electron chi connectivity index (χ3n) is 3.38. The van der Waals surface area contributed by atoms with E-state index < -0.39 is 0 Å². The van der Waals surface area contributed by atoms with E-state index in [1.165, 1.54) is 6.42 Å². The number of rotatable bonds is 5. The predicted octanol–water partition coefficient (Wildman–Crippen LogP) is 2.47. The smallest absolute Gasteiger partial charge is 0.226 e. The van der Waals surface area contributed by atoms with E-state index in [9.17, 15) is 4.79 Å². The topological polar surface area (TPSA) is 64.3 Å². The fourth-order valence-electron chi connectivity index (χ4n) is 1.86. The van der Waals surface area contributed by atoms with Crippen LogP contribution in [0.25, 0.3) is 0 Å². The van der Waals surface area contributed by atoms with Crippen LogP contribution in [0.3, 0.4) is 0 Å². The quantitative estimate of drug-likeness (QED) is 0.787. The maximum atomic E-state index is 11.7. The van der Waals surface area contributed by atoms with E-state index in [0.29, 0.717) is 24.8 Å². The first-order valence-electron chi connectivity index (χ1n) is 6.43. The van der Waals surface area contributed by atoms with Gasteiger partial charge >= 0.3 is 0 Å². The normalized spacial score (nSPS) is 15.2. The van der Waals surface area contributed by atoms with Gasteiger partial charge in [-0.3, -0.25) is 4.79 Å². The molecule has 4 nitrogen and oxygen atoms in total. The van der Waals surface area contributed by atoms with Gasteiger partial charge in [-0.1, -0.05) is 6.07 Å². The third-order valence-corrected chi connectivity index (χ3v) is 3.38. The zero-order valence-electron chi connectivity index (χ0n) is 10.7. The van der Waals surface area contributed by atoms with E-state index >= 15 is 0 Å². The minimum Gasteiger partial charge on any atom is -0.398 e. The molecule has 0 saturated heterocycles. The van der Waals surface area contributed by atoms with Gasteiger partial charge in [-0.15, -0.1) is 0 Å². The fourth-order valence-corrected chi connectivity index (χ4v) is 1.86. The van der Waals surface area contributed by atoms with Gasteiger partial charge in [-0.25, -0.2) is 0 Å². The van der Waals surface area contributed by atoms with E-state index in [2.05, 4.69) is 5.32 Å². The number of nitrogens with one attached hydrogen (secondary N) is 1. The number of nitrogen functional groups attached to an aromatic ring is 1. The Balaban J connectivity index is 1.77. The van der Waals surface area contributed by atoms with Crippen molar-refractivity contribution in [2.75, 3.05) is 17.7 Å². The largest absolute Gasteiger partial charge is 0.398 e. The molecule has 0 spiro atoms. The SMILES string of the molecule is Cc1c(N)cccc1NC(=O)CCOC1CCC1. The van der Waals surface area contributed by atoms with Gasteiger partial charge in [0.15, 0.2) is 0 Å². The van der Waals surface area contributed by atoms with Crippen LogP contribution >= 0.6 is 0 Å². The first kappa shape index (κ1) is 12.9. The molecule has 0 radical (unpaired) electrons. The summed E-state index contributed by atoms with van der Waals surface area (Å²) in [6.07, 6.45) is 4.29. The van der Waals surface area contributed by atoms with Crippen molar-refractivity contribution in [2.45, 2.75) is 38.7 Å². The molecule has 18 heavy (non-hydrogen) atoms. The molecule has 1 saturated carbocycles. The Kier molecular flexibility index (Phi) is 4.20. The van der Waals surface area contributed by atoms with Gasteiger partial charge in [0.1, 0.15) is 0 Å². The molecule has 1 aromatic carbocycles. The van der Waals surface area contributed by atoms with Gasteiger partial charge in [0.05, 0.1) is 19.1 Å². The lowest BCUT2D eigenvalue weighted by Gasteiger charge is -2.25. The summed E-state index contributed by atoms with van der Waals surface area (Å²) >= 11 is 0. The number of carbonyl (C=O) groups excluding carboxylic acids is 1. The molecular weight excluding hydrogens is 228 g/mol. The monoisotopic (exact) mass is 248 g/mol. The lowest BCUT2D eigenvalue weighted by atomic mass is 9.96. The summed E-state index contributed by atoms with van der Waals surface area (Å²) in [6.45, 7) is 2.40. The van der Waals surface area contributed by atoms with Crippen molar-refractivity contribution in [3.05, 3.63) is 23.8 Å². The van der Waals surface area contributed by atoms with Crippen molar-refractivity contribution in [1.29, 1.82) is 0 Å². The van der Waals surface area contributed by atoms with Gasteiger partial charge in [0.2, 0.25) is 5.91 Å². The highest BCUT2D eigenvalue weighted by molar-refractivity contribution is 5.92. The average molecular weight is 248 g/mol. The van der Waals surface area contributed by atoms with Crippen molar-refractivity contribution in [1.82, 2.24) is 0 Å². The zero-order chi connectivity index (χ0) is 13.0. The van der Waals surface area contributed by atoms with Crippen LogP contribution in [-0.2, 0) is 9.53 Å². The Labute approximate surface area is 108 Å². The summed E-state index contributed by atoms with van der Waals surface area (Å²) in [7, 11) is 0. The Morgan fingerprint density at radius 3 is 2.94 bits per heavy atom. The Morgan fingerprint density at radius 2 is 2.28 bits per heavy atom. The van der Waals surface area contributed by atoms with Gasteiger partial charge in [0.25, 0.3) is 0 Å². The average Bonchev–Trinajstić information content (AvgIpc) is 2.28. The minimum atomic E-state index is -0.0250. The molecule has 3 N–H and O–H groups in total. The molecule has 0 heterocycles. The van der Waals surface area contributed by atoms with Crippen LogP contribution in [0.4, 0.5) is 11.4 Å². The lowest BCUT2D eigenvalue weighted by Crippen LogP contribution is -2.24. The van der Waals surface area contributed by atoms with E-state index in [1.807, 2.05) is 25.1 Å². The molecular formula is C14H20N2O2. The number of benzene rings is 1. The van der Waals surface area contributed by atoms with Gasteiger partial charge in [-0.2, -0.15) is 0 Å². The van der Waals surface area contributed by atoms with E-state index in [1.54, 1.807) is 0 Å². The second-order valence-electron chi connectivity index (χ2n) is 4.74. The number of carbonyl (C=O) groups is 1. The van der Waals surface area contributed by atoms with Crippen LogP contribution in [0.1, 0.15) is 31.2 Å². The maximum absolute atomic E-state index is 11.7. The summed E-state index contributed by atoms with van der Waals surface area (Å²) in [4.78, 5) is 11.7. The Morgan fingerprint density at radius 1 is 1.50 bits per heavy atom. The van der Waals surface area contributed by atoms with Crippen LogP contribution in [0.15, 0.2) is 18.2 Å². The van der Waals surface area contributed by atoms with Crippen LogP contribution < -0.4 is 11.1 Å². The number of anilines is 2.